The standard InChI is InChI=1S/C25H38AtN3O3/c1-2-32-24(31)21(23(26)30)9-14-25(12-5-3-6-13-25)15-19-29-17-10-20(11-18-29)28-22-8-4-7-16-27-22/h4,7-8,16,20-21H,2-3,5-6,9-15,17-19H2,1H3,(H,27,28). The van der Waals surface area contributed by atoms with Crippen molar-refractivity contribution in [2.24, 2.45) is 11.3 Å². The number of carbonyl (C=O) groups is 2. The third-order valence-corrected chi connectivity index (χ3v) is 8.31. The van der Waals surface area contributed by atoms with Crippen LogP contribution in [0.25, 0.3) is 0 Å². The topological polar surface area (TPSA) is 71.5 Å². The molecular weight excluding hydrogens is 600 g/mol. The number of likely N-dealkylation sites (tertiary alicyclic amines) is 1. The van der Waals surface area contributed by atoms with Crippen LogP contribution >= 0.6 is 0 Å². The van der Waals surface area contributed by atoms with Crippen molar-refractivity contribution >= 4 is 15.3 Å². The Kier molecular flexibility index (Phi) is 10.4. The molecule has 178 valence electrons. The van der Waals surface area contributed by atoms with E-state index in [0.717, 1.165) is 69.4 Å². The molecule has 0 spiro atoms. The molecule has 1 saturated carbocycles. The first-order valence-corrected chi connectivity index (χ1v) is 13.7. The van der Waals surface area contributed by atoms with Gasteiger partial charge in [-0.1, -0.05) is 6.07 Å². The zero-order chi connectivity index (χ0) is 22.8. The van der Waals surface area contributed by atoms with E-state index in [9.17, 15) is 9.59 Å². The fourth-order valence-corrected chi connectivity index (χ4v) is 6.07. The molecule has 32 heavy (non-hydrogen) atoms. The van der Waals surface area contributed by atoms with Gasteiger partial charge in [0.2, 0.25) is 0 Å². The van der Waals surface area contributed by atoms with Gasteiger partial charge >= 0.3 is 173 Å². The number of nitrogens with zero attached hydrogens (tertiary/aromatic N) is 2. The minimum atomic E-state index is -0.571. The van der Waals surface area contributed by atoms with Crippen LogP contribution < -0.4 is 5.32 Å². The van der Waals surface area contributed by atoms with Crippen molar-refractivity contribution in [2.45, 2.75) is 77.2 Å². The number of rotatable bonds is 11. The Balaban J connectivity index is 1.49. The van der Waals surface area contributed by atoms with Gasteiger partial charge in [-0.2, -0.15) is 0 Å². The van der Waals surface area contributed by atoms with Gasteiger partial charge in [0.15, 0.2) is 0 Å². The molecule has 1 unspecified atom stereocenters. The molecule has 0 aromatic carbocycles. The Hall–Kier alpha value is -1.07. The maximum absolute atomic E-state index is 12.3. The molecule has 7 heteroatoms. The number of hydrogen-bond acceptors (Lipinski definition) is 6. The second-order valence-electron chi connectivity index (χ2n) is 9.43. The van der Waals surface area contributed by atoms with E-state index < -0.39 is 5.92 Å². The Morgan fingerprint density at radius 2 is 1.97 bits per heavy atom. The van der Waals surface area contributed by atoms with Crippen LogP contribution in [-0.2, 0) is 14.3 Å². The molecule has 1 aromatic rings. The molecule has 1 atom stereocenters. The van der Waals surface area contributed by atoms with Crippen LogP contribution in [-0.4, -0.2) is 51.6 Å². The zero-order valence-electron chi connectivity index (χ0n) is 19.4. The first kappa shape index (κ1) is 25.6. The molecular formula is C25H38AtN3O3. The fourth-order valence-electron chi connectivity index (χ4n) is 5.30. The van der Waals surface area contributed by atoms with E-state index >= 15 is 0 Å². The summed E-state index contributed by atoms with van der Waals surface area (Å²) in [6, 6.07) is 6.49. The van der Waals surface area contributed by atoms with E-state index in [1.165, 1.54) is 38.5 Å². The van der Waals surface area contributed by atoms with Crippen LogP contribution in [0.4, 0.5) is 5.82 Å². The summed E-state index contributed by atoms with van der Waals surface area (Å²) >= 11 is 1.08. The molecule has 0 amide bonds. The molecule has 6 nitrogen and oxygen atoms in total. The van der Waals surface area contributed by atoms with Gasteiger partial charge in [0.25, 0.3) is 0 Å². The number of aromatic nitrogens is 1. The van der Waals surface area contributed by atoms with Gasteiger partial charge in [-0.25, -0.2) is 4.98 Å². The normalized spacial score (nSPS) is 20.4. The summed E-state index contributed by atoms with van der Waals surface area (Å²) in [6.07, 6.45) is 13.2. The van der Waals surface area contributed by atoms with Gasteiger partial charge in [0.05, 0.1) is 0 Å². The predicted molar refractivity (Wildman–Crippen MR) is 122 cm³/mol. The van der Waals surface area contributed by atoms with Crippen LogP contribution in [0.2, 0.25) is 0 Å². The Bertz CT molecular complexity index is 716. The summed E-state index contributed by atoms with van der Waals surface area (Å²) in [5, 5.41) is 3.57. The quantitative estimate of drug-likeness (QED) is 0.288. The number of hydrogen-bond donors (Lipinski definition) is 1. The van der Waals surface area contributed by atoms with Crippen LogP contribution in [0.1, 0.15) is 71.1 Å². The molecule has 0 bridgehead atoms. The Labute approximate surface area is 208 Å². The van der Waals surface area contributed by atoms with E-state index in [4.69, 9.17) is 4.74 Å². The molecule has 1 aliphatic heterocycles. The summed E-state index contributed by atoms with van der Waals surface area (Å²) in [5.41, 5.74) is 0.272. The predicted octanol–water partition coefficient (Wildman–Crippen LogP) is 4.33. The zero-order valence-corrected chi connectivity index (χ0v) is 22.3. The average molecular weight is 639 g/mol. The molecule has 0 radical (unpaired) electrons. The minimum absolute atomic E-state index is 0.00288. The average Bonchev–Trinajstić information content (AvgIpc) is 2.80. The maximum atomic E-state index is 12.3. The van der Waals surface area contributed by atoms with Crippen molar-refractivity contribution in [3.63, 3.8) is 0 Å². The van der Waals surface area contributed by atoms with Crippen molar-refractivity contribution in [1.29, 1.82) is 0 Å². The molecule has 1 N–H and O–H groups in total. The van der Waals surface area contributed by atoms with Crippen molar-refractivity contribution in [3.05, 3.63) is 24.4 Å². The Morgan fingerprint density at radius 3 is 2.59 bits per heavy atom. The van der Waals surface area contributed by atoms with Crippen LogP contribution in [0.5, 0.6) is 0 Å². The monoisotopic (exact) mass is 638 g/mol. The summed E-state index contributed by atoms with van der Waals surface area (Å²) in [6.45, 7) is 5.48. The number of esters is 1. The third-order valence-electron chi connectivity index (χ3n) is 7.29. The van der Waals surface area contributed by atoms with Gasteiger partial charge in [-0.3, -0.25) is 0 Å². The molecule has 3 rings (SSSR count). The van der Waals surface area contributed by atoms with Gasteiger partial charge < -0.3 is 0 Å². The second-order valence-corrected chi connectivity index (χ2v) is 10.9. The second kappa shape index (κ2) is 13.0. The first-order chi connectivity index (χ1) is 15.5. The van der Waals surface area contributed by atoms with E-state index in [-0.39, 0.29) is 14.9 Å². The SMILES string of the molecule is CCOC(=O)C(CCC1(CCN2CCC(Nc3ccccn3)CC2)CCCCC1)C(=O)[At]. The van der Waals surface area contributed by atoms with Crippen LogP contribution in [0, 0.1) is 36.1 Å². The number of anilines is 1. The summed E-state index contributed by atoms with van der Waals surface area (Å²) in [5.74, 6) is 0.0715. The molecule has 1 saturated heterocycles. The number of pyridine rings is 1. The van der Waals surface area contributed by atoms with Crippen molar-refractivity contribution in [2.75, 3.05) is 31.6 Å². The van der Waals surface area contributed by atoms with Crippen molar-refractivity contribution < 1.29 is 39.0 Å². The number of carbonyl (C=O) groups excluding carboxylic acids is 2. The number of piperidine rings is 1. The molecule has 1 aliphatic carbocycles. The van der Waals surface area contributed by atoms with Crippen LogP contribution in [0.3, 0.4) is 0 Å². The molecule has 2 heterocycles. The molecule has 2 fully saturated rings. The van der Waals surface area contributed by atoms with E-state index in [0.29, 0.717) is 19.1 Å². The first-order valence-electron chi connectivity index (χ1n) is 12.3. The van der Waals surface area contributed by atoms with Crippen LogP contribution in [0.15, 0.2) is 24.4 Å². The summed E-state index contributed by atoms with van der Waals surface area (Å²) in [7, 11) is 0. The van der Waals surface area contributed by atoms with E-state index in [1.807, 2.05) is 24.4 Å². The van der Waals surface area contributed by atoms with E-state index in [1.54, 1.807) is 6.92 Å². The summed E-state index contributed by atoms with van der Waals surface area (Å²) < 4.78 is 5.17. The van der Waals surface area contributed by atoms with Crippen molar-refractivity contribution in [1.82, 2.24) is 9.88 Å². The van der Waals surface area contributed by atoms with Gasteiger partial charge in [-0.15, -0.1) is 0 Å². The van der Waals surface area contributed by atoms with Gasteiger partial charge in [-0.05, 0) is 12.1 Å². The van der Waals surface area contributed by atoms with Gasteiger partial charge in [0.1, 0.15) is 5.82 Å². The molecule has 2 aliphatic rings. The number of ether oxygens (including phenoxy) is 1. The molecule has 1 aromatic heterocycles. The third kappa shape index (κ3) is 7.76. The van der Waals surface area contributed by atoms with E-state index in [2.05, 4.69) is 15.2 Å². The van der Waals surface area contributed by atoms with Gasteiger partial charge in [0, 0.05) is 6.20 Å². The van der Waals surface area contributed by atoms with Crippen molar-refractivity contribution in [3.8, 4) is 0 Å². The number of nitrogens with one attached hydrogen (secondary N) is 1. The summed E-state index contributed by atoms with van der Waals surface area (Å²) in [4.78, 5) is 31.4. The fraction of sp³-hybridized carbons (Fsp3) is 0.720. The Morgan fingerprint density at radius 1 is 1.22 bits per heavy atom.